The average Bonchev–Trinajstić information content (AvgIpc) is 2.71. The number of benzene rings is 2. The Kier molecular flexibility index (Phi) is 4.32. The van der Waals surface area contributed by atoms with Gasteiger partial charge in [-0.25, -0.2) is 4.57 Å². The van der Waals surface area contributed by atoms with Crippen LogP contribution in [0.5, 0.6) is 11.5 Å². The Morgan fingerprint density at radius 2 is 1.72 bits per heavy atom. The quantitative estimate of drug-likeness (QED) is 0.685. The second kappa shape index (κ2) is 6.89. The molecule has 3 aliphatic rings. The third kappa shape index (κ3) is 3.49. The monoisotopic (exact) mass is 406 g/mol. The summed E-state index contributed by atoms with van der Waals surface area (Å²) in [4.78, 5) is 17.7. The first-order valence-corrected chi connectivity index (χ1v) is 10.9. The van der Waals surface area contributed by atoms with Crippen LogP contribution in [0.3, 0.4) is 0 Å². The Hall–Kier alpha value is -2.85. The molecule has 2 aromatic rings. The maximum Gasteiger partial charge on any atom is 0.524 e. The van der Waals surface area contributed by atoms with E-state index in [1.165, 1.54) is 34.4 Å². The van der Waals surface area contributed by atoms with Gasteiger partial charge in [0.15, 0.2) is 0 Å². The first kappa shape index (κ1) is 18.2. The van der Waals surface area contributed by atoms with E-state index in [4.69, 9.17) is 14.5 Å². The zero-order valence-electron chi connectivity index (χ0n) is 15.4. The number of allylic oxidation sites excluding steroid dienone is 6. The normalized spacial score (nSPS) is 20.8. The smallest absolute Gasteiger partial charge is 0.489 e. The average molecular weight is 406 g/mol. The fourth-order valence-electron chi connectivity index (χ4n) is 4.23. The second-order valence-electron chi connectivity index (χ2n) is 7.28. The number of rotatable bonds is 5. The Morgan fingerprint density at radius 1 is 0.931 bits per heavy atom. The number of phosphoric acid groups is 1. The number of hydrogen-bond acceptors (Lipinski definition) is 3. The Morgan fingerprint density at radius 3 is 2.52 bits per heavy atom. The van der Waals surface area contributed by atoms with Gasteiger partial charge in [-0.3, -0.25) is 9.79 Å². The van der Waals surface area contributed by atoms with Gasteiger partial charge in [0.1, 0.15) is 18.1 Å². The lowest BCUT2D eigenvalue weighted by Gasteiger charge is -2.35. The summed E-state index contributed by atoms with van der Waals surface area (Å²) in [6, 6.07) is 10.5. The van der Waals surface area contributed by atoms with Gasteiger partial charge in [0.25, 0.3) is 0 Å². The van der Waals surface area contributed by atoms with Gasteiger partial charge in [-0.15, -0.1) is 0 Å². The van der Waals surface area contributed by atoms with Gasteiger partial charge in [0.2, 0.25) is 0 Å². The van der Waals surface area contributed by atoms with Gasteiger partial charge in [-0.05, 0) is 52.1 Å². The molecule has 2 atom stereocenters. The molecule has 0 aliphatic heterocycles. The van der Waals surface area contributed by atoms with Crippen molar-refractivity contribution in [3.05, 3.63) is 94.6 Å². The molecular weight excluding hydrogens is 387 g/mol. The van der Waals surface area contributed by atoms with Crippen LogP contribution in [0, 0.1) is 5.92 Å². The maximum atomic E-state index is 10.9. The molecule has 0 radical (unpaired) electrons. The van der Waals surface area contributed by atoms with Crippen molar-refractivity contribution < 1.29 is 23.6 Å². The number of phosphoric ester groups is 1. The van der Waals surface area contributed by atoms with Gasteiger partial charge in [0.05, 0.1) is 0 Å². The summed E-state index contributed by atoms with van der Waals surface area (Å²) >= 11 is 0. The van der Waals surface area contributed by atoms with Crippen molar-refractivity contribution in [1.29, 1.82) is 0 Å². The van der Waals surface area contributed by atoms with E-state index in [-0.39, 0.29) is 5.75 Å². The third-order valence-electron chi connectivity index (χ3n) is 5.47. The molecule has 146 valence electrons. The lowest BCUT2D eigenvalue weighted by atomic mass is 9.68. The molecule has 0 heterocycles. The summed E-state index contributed by atoms with van der Waals surface area (Å²) in [5.74, 6) is 1.46. The van der Waals surface area contributed by atoms with E-state index in [2.05, 4.69) is 59.2 Å². The molecule has 0 aromatic heterocycles. The van der Waals surface area contributed by atoms with Crippen LogP contribution in [0.2, 0.25) is 0 Å². The van der Waals surface area contributed by atoms with Crippen LogP contribution >= 0.6 is 7.82 Å². The molecule has 0 spiro atoms. The minimum atomic E-state index is -4.56. The summed E-state index contributed by atoms with van der Waals surface area (Å²) in [5.41, 5.74) is 6.29. The van der Waals surface area contributed by atoms with Crippen molar-refractivity contribution in [1.82, 2.24) is 0 Å². The molecule has 0 saturated heterocycles. The number of ether oxygens (including phenoxy) is 1. The van der Waals surface area contributed by atoms with Crippen LogP contribution in [-0.4, -0.2) is 9.79 Å². The van der Waals surface area contributed by atoms with Crippen LogP contribution < -0.4 is 9.26 Å². The molecule has 3 aliphatic carbocycles. The van der Waals surface area contributed by atoms with Crippen molar-refractivity contribution in [3.63, 3.8) is 0 Å². The van der Waals surface area contributed by atoms with Crippen LogP contribution in [-0.2, 0) is 11.2 Å². The summed E-state index contributed by atoms with van der Waals surface area (Å²) in [7, 11) is -4.56. The highest BCUT2D eigenvalue weighted by atomic mass is 31.2. The minimum Gasteiger partial charge on any atom is -0.489 e. The van der Waals surface area contributed by atoms with E-state index in [1.807, 2.05) is 0 Å². The summed E-state index contributed by atoms with van der Waals surface area (Å²) in [6.07, 6.45) is 15.4. The topological polar surface area (TPSA) is 76.0 Å². The van der Waals surface area contributed by atoms with Crippen LogP contribution in [0.15, 0.2) is 72.4 Å². The van der Waals surface area contributed by atoms with Crippen molar-refractivity contribution in [2.45, 2.75) is 12.5 Å². The van der Waals surface area contributed by atoms with Crippen molar-refractivity contribution >= 4 is 20.0 Å². The van der Waals surface area contributed by atoms with E-state index in [9.17, 15) is 4.57 Å². The zero-order chi connectivity index (χ0) is 20.0. The molecule has 0 fully saturated rings. The molecule has 2 unspecified atom stereocenters. The predicted molar refractivity (Wildman–Crippen MR) is 111 cm³/mol. The summed E-state index contributed by atoms with van der Waals surface area (Å²) in [5, 5.41) is 0. The largest absolute Gasteiger partial charge is 0.524 e. The Balaban J connectivity index is 1.39. The first-order valence-electron chi connectivity index (χ1n) is 9.36. The van der Waals surface area contributed by atoms with E-state index in [1.54, 1.807) is 12.1 Å². The van der Waals surface area contributed by atoms with Crippen LogP contribution in [0.25, 0.3) is 12.2 Å². The summed E-state index contributed by atoms with van der Waals surface area (Å²) < 4.78 is 21.4. The molecule has 29 heavy (non-hydrogen) atoms. The minimum absolute atomic E-state index is 0.0972. The van der Waals surface area contributed by atoms with Crippen LogP contribution in [0.1, 0.15) is 28.2 Å². The van der Waals surface area contributed by atoms with E-state index >= 15 is 0 Å². The Labute approximate surface area is 168 Å². The number of hydrogen-bond donors (Lipinski definition) is 2. The highest BCUT2D eigenvalue weighted by Gasteiger charge is 2.33. The van der Waals surface area contributed by atoms with E-state index < -0.39 is 7.82 Å². The van der Waals surface area contributed by atoms with E-state index in [0.717, 1.165) is 5.56 Å². The fraction of sp³-hybridized carbons (Fsp3) is 0.130. The standard InChI is InChI=1S/C23H19O5P/c24-29(25,26)28-20-11-9-19(10-12-20)27-14-18-7-6-17-5-4-15-2-1-3-16-8-13-21(18)23(17)22(15)16/h1-13,16,22H,14H2,(H2,24,25,26). The molecular formula is C23H19O5P. The zero-order valence-corrected chi connectivity index (χ0v) is 16.3. The molecule has 0 saturated carbocycles. The molecule has 2 N–H and O–H groups in total. The van der Waals surface area contributed by atoms with Gasteiger partial charge in [-0.1, -0.05) is 54.7 Å². The predicted octanol–water partition coefficient (Wildman–Crippen LogP) is 4.99. The molecule has 5 rings (SSSR count). The van der Waals surface area contributed by atoms with Crippen LogP contribution in [0.4, 0.5) is 0 Å². The van der Waals surface area contributed by atoms with Gasteiger partial charge in [0, 0.05) is 11.8 Å². The first-order chi connectivity index (χ1) is 14.0. The SMILES string of the molecule is O=P(O)(O)Oc1ccc(OCc2ccc3c4c2C=CC2C=CC=C(C=C3)C42)cc1. The fourth-order valence-corrected chi connectivity index (χ4v) is 4.62. The maximum absolute atomic E-state index is 10.9. The molecule has 6 heteroatoms. The van der Waals surface area contributed by atoms with Gasteiger partial charge in [-0.2, -0.15) is 0 Å². The van der Waals surface area contributed by atoms with Gasteiger partial charge >= 0.3 is 7.82 Å². The molecule has 2 aromatic carbocycles. The molecule has 0 amide bonds. The van der Waals surface area contributed by atoms with Crippen molar-refractivity contribution in [2.75, 3.05) is 0 Å². The van der Waals surface area contributed by atoms with Gasteiger partial charge < -0.3 is 9.26 Å². The summed E-state index contributed by atoms with van der Waals surface area (Å²) in [6.45, 7) is 0.404. The van der Waals surface area contributed by atoms with Crippen molar-refractivity contribution in [2.24, 2.45) is 5.92 Å². The molecule has 0 bridgehead atoms. The highest BCUT2D eigenvalue weighted by Crippen LogP contribution is 2.47. The van der Waals surface area contributed by atoms with Crippen molar-refractivity contribution in [3.8, 4) is 11.5 Å². The lowest BCUT2D eigenvalue weighted by molar-refractivity contribution is 0.282. The van der Waals surface area contributed by atoms with E-state index in [0.29, 0.717) is 24.2 Å². The third-order valence-corrected chi connectivity index (χ3v) is 5.92. The second-order valence-corrected chi connectivity index (χ2v) is 8.45. The highest BCUT2D eigenvalue weighted by molar-refractivity contribution is 7.46. The Bertz CT molecular complexity index is 1130. The lowest BCUT2D eigenvalue weighted by Crippen LogP contribution is -2.21. The molecule has 5 nitrogen and oxygen atoms in total.